The van der Waals surface area contributed by atoms with Gasteiger partial charge in [-0.05, 0) is 12.5 Å². The van der Waals surface area contributed by atoms with E-state index >= 15 is 0 Å². The summed E-state index contributed by atoms with van der Waals surface area (Å²) in [6, 6.07) is 7.94. The van der Waals surface area contributed by atoms with Gasteiger partial charge in [0.05, 0.1) is 7.11 Å². The van der Waals surface area contributed by atoms with E-state index in [9.17, 15) is 9.59 Å². The maximum Gasteiger partial charge on any atom is 0.254 e. The minimum Gasteiger partial charge on any atom is -0.272 e. The fourth-order valence-corrected chi connectivity index (χ4v) is 2.08. The van der Waals surface area contributed by atoms with Gasteiger partial charge in [-0.1, -0.05) is 29.8 Å². The Bertz CT molecular complexity index is 420. The van der Waals surface area contributed by atoms with E-state index in [1.54, 1.807) is 0 Å². The van der Waals surface area contributed by atoms with Crippen LogP contribution in [0.2, 0.25) is 0 Å². The first-order valence-electron chi connectivity index (χ1n) is 5.58. The molecule has 1 aromatic carbocycles. The molecule has 1 aromatic rings. The van der Waals surface area contributed by atoms with Crippen LogP contribution in [0, 0.1) is 6.92 Å². The predicted octanol–water partition coefficient (Wildman–Crippen LogP) is 1.79. The molecule has 2 rings (SSSR count). The Labute approximate surface area is 100 Å². The molecule has 1 saturated heterocycles. The summed E-state index contributed by atoms with van der Waals surface area (Å²) in [6.45, 7) is 2.01. The molecule has 1 aliphatic rings. The average molecular weight is 233 g/mol. The highest BCUT2D eigenvalue weighted by molar-refractivity contribution is 5.97. The molecule has 0 unspecified atom stereocenters. The maximum absolute atomic E-state index is 11.7. The van der Waals surface area contributed by atoms with Crippen LogP contribution < -0.4 is 0 Å². The number of carbonyl (C=O) groups is 2. The second kappa shape index (κ2) is 4.67. The van der Waals surface area contributed by atoms with Gasteiger partial charge in [0.1, 0.15) is 0 Å². The number of aryl methyl sites for hydroxylation is 1. The average Bonchev–Trinajstić information content (AvgIpc) is 2.29. The quantitative estimate of drug-likeness (QED) is 0.732. The molecule has 17 heavy (non-hydrogen) atoms. The third-order valence-corrected chi connectivity index (χ3v) is 3.03. The first kappa shape index (κ1) is 11.8. The molecule has 0 radical (unpaired) electrons. The molecule has 2 amide bonds. The van der Waals surface area contributed by atoms with Gasteiger partial charge in [-0.3, -0.25) is 14.4 Å². The van der Waals surface area contributed by atoms with Crippen LogP contribution in [-0.2, 0) is 14.4 Å². The van der Waals surface area contributed by atoms with Crippen molar-refractivity contribution in [1.82, 2.24) is 5.06 Å². The second-order valence-corrected chi connectivity index (χ2v) is 4.28. The van der Waals surface area contributed by atoms with Crippen molar-refractivity contribution < 1.29 is 14.4 Å². The molecule has 0 atom stereocenters. The molecule has 1 aliphatic heterocycles. The third kappa shape index (κ3) is 2.36. The maximum atomic E-state index is 11.7. The monoisotopic (exact) mass is 233 g/mol. The molecule has 4 heteroatoms. The number of piperidine rings is 1. The molecule has 0 N–H and O–H groups in total. The van der Waals surface area contributed by atoms with Gasteiger partial charge in [0, 0.05) is 18.8 Å². The number of hydrogen-bond donors (Lipinski definition) is 0. The van der Waals surface area contributed by atoms with E-state index in [-0.39, 0.29) is 17.7 Å². The minimum atomic E-state index is -0.269. The Kier molecular flexibility index (Phi) is 3.24. The van der Waals surface area contributed by atoms with Crippen LogP contribution in [0.5, 0.6) is 0 Å². The SMILES string of the molecule is CON1C(=O)CC(c2ccc(C)cc2)CC1=O. The number of nitrogens with zero attached hydrogens (tertiary/aromatic N) is 1. The Morgan fingerprint density at radius 1 is 1.12 bits per heavy atom. The van der Waals surface area contributed by atoms with Gasteiger partial charge in [-0.2, -0.15) is 5.06 Å². The first-order valence-corrected chi connectivity index (χ1v) is 5.58. The summed E-state index contributed by atoms with van der Waals surface area (Å²) in [4.78, 5) is 28.1. The molecule has 0 spiro atoms. The summed E-state index contributed by atoms with van der Waals surface area (Å²) in [7, 11) is 1.34. The zero-order valence-electron chi connectivity index (χ0n) is 9.97. The predicted molar refractivity (Wildman–Crippen MR) is 62.0 cm³/mol. The molecule has 4 nitrogen and oxygen atoms in total. The Hall–Kier alpha value is -1.68. The van der Waals surface area contributed by atoms with Crippen LogP contribution in [0.1, 0.15) is 29.9 Å². The van der Waals surface area contributed by atoms with E-state index in [0.29, 0.717) is 12.8 Å². The molecule has 0 aromatic heterocycles. The minimum absolute atomic E-state index is 0.0259. The number of hydroxylamine groups is 2. The number of benzene rings is 1. The van der Waals surface area contributed by atoms with Crippen LogP contribution >= 0.6 is 0 Å². The summed E-state index contributed by atoms with van der Waals surface area (Å²) in [5.74, 6) is -0.564. The van der Waals surface area contributed by atoms with Crippen LogP contribution in [0.15, 0.2) is 24.3 Å². The van der Waals surface area contributed by atoms with Crippen molar-refractivity contribution in [1.29, 1.82) is 0 Å². The van der Waals surface area contributed by atoms with E-state index in [1.165, 1.54) is 12.7 Å². The van der Waals surface area contributed by atoms with E-state index in [4.69, 9.17) is 4.84 Å². The fourth-order valence-electron chi connectivity index (χ4n) is 2.08. The van der Waals surface area contributed by atoms with Gasteiger partial charge in [-0.25, -0.2) is 0 Å². The Balaban J connectivity index is 2.17. The fraction of sp³-hybridized carbons (Fsp3) is 0.385. The summed E-state index contributed by atoms with van der Waals surface area (Å²) >= 11 is 0. The van der Waals surface area contributed by atoms with Crippen molar-refractivity contribution in [3.8, 4) is 0 Å². The first-order chi connectivity index (χ1) is 8.11. The summed E-state index contributed by atoms with van der Waals surface area (Å²) in [5, 5.41) is 0.852. The van der Waals surface area contributed by atoms with Crippen molar-refractivity contribution in [2.24, 2.45) is 0 Å². The van der Waals surface area contributed by atoms with Crippen LogP contribution in [0.4, 0.5) is 0 Å². The van der Waals surface area contributed by atoms with E-state index in [2.05, 4.69) is 0 Å². The number of amides is 2. The lowest BCUT2D eigenvalue weighted by atomic mass is 9.89. The second-order valence-electron chi connectivity index (χ2n) is 4.28. The normalized spacial score (nSPS) is 17.6. The standard InChI is InChI=1S/C13H15NO3/c1-9-3-5-10(6-4-9)11-7-12(15)14(17-2)13(16)8-11/h3-6,11H,7-8H2,1-2H3. The lowest BCUT2D eigenvalue weighted by Gasteiger charge is -2.28. The summed E-state index contributed by atoms with van der Waals surface area (Å²) < 4.78 is 0. The van der Waals surface area contributed by atoms with Crippen molar-refractivity contribution in [3.05, 3.63) is 35.4 Å². The highest BCUT2D eigenvalue weighted by Gasteiger charge is 2.33. The van der Waals surface area contributed by atoms with Crippen molar-refractivity contribution in [3.63, 3.8) is 0 Å². The smallest absolute Gasteiger partial charge is 0.254 e. The Morgan fingerprint density at radius 3 is 2.12 bits per heavy atom. The van der Waals surface area contributed by atoms with E-state index in [1.807, 2.05) is 31.2 Å². The van der Waals surface area contributed by atoms with Gasteiger partial charge >= 0.3 is 0 Å². The summed E-state index contributed by atoms with van der Waals surface area (Å²) in [5.41, 5.74) is 2.20. The number of imide groups is 1. The highest BCUT2D eigenvalue weighted by atomic mass is 16.7. The molecule has 1 heterocycles. The topological polar surface area (TPSA) is 46.6 Å². The molecular formula is C13H15NO3. The van der Waals surface area contributed by atoms with Crippen molar-refractivity contribution in [2.75, 3.05) is 7.11 Å². The molecule has 1 fully saturated rings. The number of carbonyl (C=O) groups excluding carboxylic acids is 2. The van der Waals surface area contributed by atoms with Gasteiger partial charge in [0.15, 0.2) is 0 Å². The van der Waals surface area contributed by atoms with E-state index < -0.39 is 0 Å². The van der Waals surface area contributed by atoms with Crippen molar-refractivity contribution in [2.45, 2.75) is 25.7 Å². The molecule has 0 bridgehead atoms. The van der Waals surface area contributed by atoms with E-state index in [0.717, 1.165) is 10.6 Å². The third-order valence-electron chi connectivity index (χ3n) is 3.03. The lowest BCUT2D eigenvalue weighted by Crippen LogP contribution is -2.41. The van der Waals surface area contributed by atoms with Gasteiger partial charge in [-0.15, -0.1) is 0 Å². The zero-order valence-corrected chi connectivity index (χ0v) is 9.97. The molecule has 0 aliphatic carbocycles. The van der Waals surface area contributed by atoms with Gasteiger partial charge in [0.2, 0.25) is 0 Å². The molecular weight excluding hydrogens is 218 g/mol. The largest absolute Gasteiger partial charge is 0.272 e. The number of rotatable bonds is 2. The highest BCUT2D eigenvalue weighted by Crippen LogP contribution is 2.29. The molecule has 0 saturated carbocycles. The van der Waals surface area contributed by atoms with Crippen LogP contribution in [0.3, 0.4) is 0 Å². The van der Waals surface area contributed by atoms with Crippen LogP contribution in [-0.4, -0.2) is 24.0 Å². The Morgan fingerprint density at radius 2 is 1.65 bits per heavy atom. The molecule has 90 valence electrons. The number of hydrogen-bond acceptors (Lipinski definition) is 3. The summed E-state index contributed by atoms with van der Waals surface area (Å²) in [6.07, 6.45) is 0.644. The lowest BCUT2D eigenvalue weighted by molar-refractivity contribution is -0.191. The van der Waals surface area contributed by atoms with Gasteiger partial charge in [0.25, 0.3) is 11.8 Å². The van der Waals surface area contributed by atoms with Crippen LogP contribution in [0.25, 0.3) is 0 Å². The zero-order chi connectivity index (χ0) is 12.4. The van der Waals surface area contributed by atoms with Crippen molar-refractivity contribution >= 4 is 11.8 Å². The van der Waals surface area contributed by atoms with Gasteiger partial charge < -0.3 is 0 Å².